The molecule has 28 heavy (non-hydrogen) atoms. The topological polar surface area (TPSA) is 69.1 Å². The highest BCUT2D eigenvalue weighted by Crippen LogP contribution is 2.28. The van der Waals surface area contributed by atoms with Crippen LogP contribution in [-0.4, -0.2) is 61.8 Å². The van der Waals surface area contributed by atoms with Crippen molar-refractivity contribution in [2.75, 3.05) is 38.8 Å². The maximum Gasteiger partial charge on any atom is 0.132 e. The lowest BCUT2D eigenvalue weighted by molar-refractivity contribution is 0.0921. The zero-order valence-electron chi connectivity index (χ0n) is 16.6. The Morgan fingerprint density at radius 2 is 2.11 bits per heavy atom. The zero-order valence-corrected chi connectivity index (χ0v) is 16.6. The lowest BCUT2D eigenvalue weighted by Crippen LogP contribution is -2.23. The van der Waals surface area contributed by atoms with Crippen LogP contribution in [0.4, 0.5) is 5.82 Å². The van der Waals surface area contributed by atoms with Crippen molar-refractivity contribution in [1.29, 1.82) is 0 Å². The lowest BCUT2D eigenvalue weighted by atomic mass is 10.0. The van der Waals surface area contributed by atoms with Crippen molar-refractivity contribution < 1.29 is 14.2 Å². The lowest BCUT2D eigenvalue weighted by Gasteiger charge is -2.17. The fourth-order valence-electron chi connectivity index (χ4n) is 3.73. The summed E-state index contributed by atoms with van der Waals surface area (Å²) < 4.78 is 16.6. The standard InChI is InChI=1S/C21H26N4O3/c1-14(12-26-2)28-16-5-4-15-10-22-21(18(15)8-16)19-9-20(24-13-23-19)25-7-6-17(11-25)27-3/h4-5,8-9,13-14,17H,6-7,10-12H2,1-3H3/t14-,17+/m0/s1. The number of hydrogen-bond donors (Lipinski definition) is 0. The van der Waals surface area contributed by atoms with Crippen molar-refractivity contribution in [2.45, 2.75) is 32.1 Å². The third kappa shape index (κ3) is 3.86. The molecule has 0 bridgehead atoms. The molecular weight excluding hydrogens is 356 g/mol. The Bertz CT molecular complexity index is 870. The molecule has 2 aliphatic heterocycles. The number of rotatable bonds is 7. The summed E-state index contributed by atoms with van der Waals surface area (Å²) in [6.45, 7) is 4.99. The highest BCUT2D eigenvalue weighted by molar-refractivity contribution is 6.14. The Kier molecular flexibility index (Phi) is 5.54. The maximum atomic E-state index is 5.96. The minimum Gasteiger partial charge on any atom is -0.488 e. The van der Waals surface area contributed by atoms with E-state index in [-0.39, 0.29) is 12.2 Å². The highest BCUT2D eigenvalue weighted by Gasteiger charge is 2.25. The van der Waals surface area contributed by atoms with Gasteiger partial charge in [0.2, 0.25) is 0 Å². The minimum absolute atomic E-state index is 0.0145. The molecule has 0 radical (unpaired) electrons. The summed E-state index contributed by atoms with van der Waals surface area (Å²) in [6.07, 6.45) is 2.88. The van der Waals surface area contributed by atoms with Crippen LogP contribution in [-0.2, 0) is 16.0 Å². The van der Waals surface area contributed by atoms with E-state index in [0.29, 0.717) is 13.2 Å². The van der Waals surface area contributed by atoms with Gasteiger partial charge in [-0.1, -0.05) is 6.07 Å². The average molecular weight is 382 g/mol. The Balaban J connectivity index is 1.56. The maximum absolute atomic E-state index is 5.96. The molecule has 0 saturated carbocycles. The van der Waals surface area contributed by atoms with E-state index in [0.717, 1.165) is 48.0 Å². The molecule has 0 N–H and O–H groups in total. The Labute approximate surface area is 165 Å². The Morgan fingerprint density at radius 1 is 1.21 bits per heavy atom. The number of aromatic nitrogens is 2. The second-order valence-corrected chi connectivity index (χ2v) is 7.22. The van der Waals surface area contributed by atoms with E-state index in [2.05, 4.69) is 20.9 Å². The van der Waals surface area contributed by atoms with Crippen molar-refractivity contribution >= 4 is 11.5 Å². The first-order valence-electron chi connectivity index (χ1n) is 9.61. The fourth-order valence-corrected chi connectivity index (χ4v) is 3.73. The van der Waals surface area contributed by atoms with Gasteiger partial charge in [-0.15, -0.1) is 0 Å². The van der Waals surface area contributed by atoms with Gasteiger partial charge in [0, 0.05) is 38.9 Å². The second kappa shape index (κ2) is 8.24. The van der Waals surface area contributed by atoms with Crippen LogP contribution >= 0.6 is 0 Å². The molecule has 1 fully saturated rings. The van der Waals surface area contributed by atoms with E-state index in [4.69, 9.17) is 19.2 Å². The molecule has 0 spiro atoms. The molecule has 7 nitrogen and oxygen atoms in total. The number of benzene rings is 1. The molecule has 7 heteroatoms. The largest absolute Gasteiger partial charge is 0.488 e. The smallest absolute Gasteiger partial charge is 0.132 e. The molecule has 148 valence electrons. The van der Waals surface area contributed by atoms with E-state index in [1.54, 1.807) is 20.5 Å². The van der Waals surface area contributed by atoms with Crippen molar-refractivity contribution in [3.05, 3.63) is 47.4 Å². The quantitative estimate of drug-likeness (QED) is 0.733. The molecule has 1 aromatic heterocycles. The Morgan fingerprint density at radius 3 is 2.89 bits per heavy atom. The molecule has 0 aliphatic carbocycles. The first kappa shape index (κ1) is 18.8. The van der Waals surface area contributed by atoms with Gasteiger partial charge >= 0.3 is 0 Å². The summed E-state index contributed by atoms with van der Waals surface area (Å²) in [4.78, 5) is 15.9. The summed E-state index contributed by atoms with van der Waals surface area (Å²) in [7, 11) is 3.44. The predicted octanol–water partition coefficient (Wildman–Crippen LogP) is 2.47. The normalized spacial score (nSPS) is 19.5. The van der Waals surface area contributed by atoms with Crippen LogP contribution in [0.15, 0.2) is 35.6 Å². The van der Waals surface area contributed by atoms with Gasteiger partial charge < -0.3 is 19.1 Å². The number of anilines is 1. The number of fused-ring (bicyclic) bond motifs is 1. The number of methoxy groups -OCH3 is 2. The first-order valence-corrected chi connectivity index (χ1v) is 9.61. The van der Waals surface area contributed by atoms with Crippen molar-refractivity contribution in [3.63, 3.8) is 0 Å². The van der Waals surface area contributed by atoms with Gasteiger partial charge in [0.05, 0.1) is 30.7 Å². The average Bonchev–Trinajstić information content (AvgIpc) is 3.35. The van der Waals surface area contributed by atoms with E-state index in [1.807, 2.05) is 25.1 Å². The van der Waals surface area contributed by atoms with Gasteiger partial charge in [0.15, 0.2) is 0 Å². The number of ether oxygens (including phenoxy) is 3. The molecule has 0 unspecified atom stereocenters. The monoisotopic (exact) mass is 382 g/mol. The summed E-state index contributed by atoms with van der Waals surface area (Å²) >= 11 is 0. The van der Waals surface area contributed by atoms with Crippen LogP contribution in [0.3, 0.4) is 0 Å². The van der Waals surface area contributed by atoms with E-state index < -0.39 is 0 Å². The molecular formula is C21H26N4O3. The summed E-state index contributed by atoms with van der Waals surface area (Å²) in [5.41, 5.74) is 3.99. The van der Waals surface area contributed by atoms with Gasteiger partial charge in [0.25, 0.3) is 0 Å². The van der Waals surface area contributed by atoms with Gasteiger partial charge in [0.1, 0.15) is 24.0 Å². The SMILES string of the molecule is COC[C@H](C)Oc1ccc2c(c1)C(c1cc(N3CC[C@@H](OC)C3)ncn1)=NC2. The fraction of sp³-hybridized carbons (Fsp3) is 0.476. The Hall–Kier alpha value is -2.51. The summed E-state index contributed by atoms with van der Waals surface area (Å²) in [5, 5.41) is 0. The van der Waals surface area contributed by atoms with Crippen LogP contribution in [0.1, 0.15) is 30.2 Å². The van der Waals surface area contributed by atoms with Crippen molar-refractivity contribution in [2.24, 2.45) is 4.99 Å². The van der Waals surface area contributed by atoms with E-state index in [1.165, 1.54) is 5.56 Å². The van der Waals surface area contributed by atoms with E-state index >= 15 is 0 Å². The molecule has 1 aromatic carbocycles. The molecule has 2 aromatic rings. The van der Waals surface area contributed by atoms with Crippen molar-refractivity contribution in [1.82, 2.24) is 9.97 Å². The van der Waals surface area contributed by atoms with Gasteiger partial charge in [-0.2, -0.15) is 0 Å². The van der Waals surface area contributed by atoms with Crippen LogP contribution in [0.2, 0.25) is 0 Å². The van der Waals surface area contributed by atoms with Crippen molar-refractivity contribution in [3.8, 4) is 5.75 Å². The van der Waals surface area contributed by atoms with Gasteiger partial charge in [-0.3, -0.25) is 4.99 Å². The first-order chi connectivity index (χ1) is 13.7. The molecule has 0 amide bonds. The van der Waals surface area contributed by atoms with Crippen LogP contribution < -0.4 is 9.64 Å². The van der Waals surface area contributed by atoms with Gasteiger partial charge in [-0.05, 0) is 31.0 Å². The molecule has 4 rings (SSSR count). The molecule has 2 aliphatic rings. The predicted molar refractivity (Wildman–Crippen MR) is 107 cm³/mol. The molecule has 1 saturated heterocycles. The van der Waals surface area contributed by atoms with Gasteiger partial charge in [-0.25, -0.2) is 9.97 Å². The third-order valence-electron chi connectivity index (χ3n) is 5.18. The minimum atomic E-state index is -0.0145. The van der Waals surface area contributed by atoms with Crippen LogP contribution in [0.5, 0.6) is 5.75 Å². The van der Waals surface area contributed by atoms with Crippen LogP contribution in [0.25, 0.3) is 0 Å². The number of aliphatic imine (C=N–C) groups is 1. The van der Waals surface area contributed by atoms with Crippen LogP contribution in [0, 0.1) is 0 Å². The third-order valence-corrected chi connectivity index (χ3v) is 5.18. The number of hydrogen-bond acceptors (Lipinski definition) is 7. The van der Waals surface area contributed by atoms with E-state index in [9.17, 15) is 0 Å². The highest BCUT2D eigenvalue weighted by atomic mass is 16.5. The summed E-state index contributed by atoms with van der Waals surface area (Å²) in [5.74, 6) is 1.73. The summed E-state index contributed by atoms with van der Waals surface area (Å²) in [6, 6.07) is 8.13. The molecule has 3 heterocycles. The zero-order chi connectivity index (χ0) is 19.5. The number of nitrogens with zero attached hydrogens (tertiary/aromatic N) is 4. The second-order valence-electron chi connectivity index (χ2n) is 7.22. The molecule has 2 atom stereocenters.